The van der Waals surface area contributed by atoms with E-state index in [0.717, 1.165) is 28.4 Å². The van der Waals surface area contributed by atoms with E-state index in [1.807, 2.05) is 41.7 Å². The summed E-state index contributed by atoms with van der Waals surface area (Å²) < 4.78 is 0.362. The van der Waals surface area contributed by atoms with Crippen molar-refractivity contribution in [2.45, 2.75) is 18.4 Å². The molecule has 1 aromatic rings. The van der Waals surface area contributed by atoms with Crippen molar-refractivity contribution in [3.8, 4) is 0 Å². The van der Waals surface area contributed by atoms with Gasteiger partial charge in [-0.2, -0.15) is 0 Å². The summed E-state index contributed by atoms with van der Waals surface area (Å²) in [6.45, 7) is 4.31. The zero-order chi connectivity index (χ0) is 11.3. The highest BCUT2D eigenvalue weighted by Gasteiger charge is 2.16. The lowest BCUT2D eigenvalue weighted by Crippen LogP contribution is -2.02. The van der Waals surface area contributed by atoms with Crippen molar-refractivity contribution in [2.75, 3.05) is 23.0 Å². The molecule has 0 fully saturated rings. The molecule has 0 heterocycles. The standard InChI is InChI=1S/C11H18N2S2/c1-3-14-11(15-4-2)10-8(12)6-5-7-9(10)13/h5-7,11H,3-4,12-13H2,1-2H3. The Morgan fingerprint density at radius 3 is 1.93 bits per heavy atom. The minimum Gasteiger partial charge on any atom is -0.398 e. The van der Waals surface area contributed by atoms with Crippen LogP contribution in [0.2, 0.25) is 0 Å². The van der Waals surface area contributed by atoms with E-state index in [2.05, 4.69) is 13.8 Å². The fourth-order valence-corrected chi connectivity index (χ4v) is 4.08. The van der Waals surface area contributed by atoms with E-state index in [9.17, 15) is 0 Å². The number of rotatable bonds is 5. The van der Waals surface area contributed by atoms with Gasteiger partial charge in [-0.3, -0.25) is 0 Å². The Hall–Kier alpha value is -0.480. The maximum atomic E-state index is 5.98. The lowest BCUT2D eigenvalue weighted by atomic mass is 10.1. The molecule has 15 heavy (non-hydrogen) atoms. The molecule has 0 saturated heterocycles. The SMILES string of the molecule is CCSC(SCC)c1c(N)cccc1N. The molecular formula is C11H18N2S2. The van der Waals surface area contributed by atoms with Crippen LogP contribution in [0, 0.1) is 0 Å². The van der Waals surface area contributed by atoms with Gasteiger partial charge in [0.25, 0.3) is 0 Å². The molecule has 4 heteroatoms. The van der Waals surface area contributed by atoms with E-state index in [0.29, 0.717) is 4.58 Å². The van der Waals surface area contributed by atoms with E-state index in [1.165, 1.54) is 0 Å². The quantitative estimate of drug-likeness (QED) is 0.614. The van der Waals surface area contributed by atoms with Gasteiger partial charge in [0.1, 0.15) is 0 Å². The molecule has 1 rings (SSSR count). The predicted octanol–water partition coefficient (Wildman–Crippen LogP) is 3.36. The van der Waals surface area contributed by atoms with Crippen LogP contribution >= 0.6 is 23.5 Å². The van der Waals surface area contributed by atoms with Crippen molar-refractivity contribution in [3.05, 3.63) is 23.8 Å². The molecule has 0 aliphatic heterocycles. The first-order chi connectivity index (χ1) is 7.20. The van der Waals surface area contributed by atoms with Crippen LogP contribution < -0.4 is 11.5 Å². The number of nitrogen functional groups attached to an aromatic ring is 2. The molecule has 0 bridgehead atoms. The van der Waals surface area contributed by atoms with E-state index in [4.69, 9.17) is 11.5 Å². The first kappa shape index (κ1) is 12.6. The zero-order valence-electron chi connectivity index (χ0n) is 9.19. The van der Waals surface area contributed by atoms with Gasteiger partial charge in [-0.05, 0) is 23.6 Å². The highest BCUT2D eigenvalue weighted by molar-refractivity contribution is 8.16. The number of thioether (sulfide) groups is 2. The van der Waals surface area contributed by atoms with Gasteiger partial charge >= 0.3 is 0 Å². The smallest absolute Gasteiger partial charge is 0.0791 e. The van der Waals surface area contributed by atoms with Gasteiger partial charge in [-0.15, -0.1) is 23.5 Å². The molecule has 0 unspecified atom stereocenters. The predicted molar refractivity (Wildman–Crippen MR) is 74.3 cm³/mol. The average molecular weight is 242 g/mol. The molecule has 0 amide bonds. The molecule has 2 nitrogen and oxygen atoms in total. The third-order valence-corrected chi connectivity index (χ3v) is 4.61. The Bertz CT molecular complexity index is 289. The molecule has 0 spiro atoms. The van der Waals surface area contributed by atoms with Gasteiger partial charge in [0.05, 0.1) is 4.58 Å². The van der Waals surface area contributed by atoms with Gasteiger partial charge in [-0.1, -0.05) is 19.9 Å². The summed E-state index contributed by atoms with van der Waals surface area (Å²) in [5.41, 5.74) is 14.7. The zero-order valence-corrected chi connectivity index (χ0v) is 10.8. The summed E-state index contributed by atoms with van der Waals surface area (Å²) in [4.78, 5) is 0. The van der Waals surface area contributed by atoms with Crippen molar-refractivity contribution in [1.29, 1.82) is 0 Å². The molecule has 0 aromatic heterocycles. The van der Waals surface area contributed by atoms with E-state index in [1.54, 1.807) is 0 Å². The fourth-order valence-electron chi connectivity index (χ4n) is 1.39. The third-order valence-electron chi connectivity index (χ3n) is 2.05. The molecule has 4 N–H and O–H groups in total. The number of benzene rings is 1. The number of hydrogen-bond donors (Lipinski definition) is 2. The van der Waals surface area contributed by atoms with E-state index >= 15 is 0 Å². The topological polar surface area (TPSA) is 52.0 Å². The summed E-state index contributed by atoms with van der Waals surface area (Å²) >= 11 is 3.77. The Morgan fingerprint density at radius 2 is 1.53 bits per heavy atom. The number of nitrogens with two attached hydrogens (primary N) is 2. The summed E-state index contributed by atoms with van der Waals surface area (Å²) in [6.07, 6.45) is 0. The number of hydrogen-bond acceptors (Lipinski definition) is 4. The molecule has 0 saturated carbocycles. The van der Waals surface area contributed by atoms with E-state index < -0.39 is 0 Å². The molecule has 0 atom stereocenters. The largest absolute Gasteiger partial charge is 0.398 e. The van der Waals surface area contributed by atoms with E-state index in [-0.39, 0.29) is 0 Å². The second-order valence-corrected chi connectivity index (χ2v) is 6.16. The second kappa shape index (κ2) is 6.18. The van der Waals surface area contributed by atoms with Crippen LogP contribution in [0.1, 0.15) is 24.0 Å². The van der Waals surface area contributed by atoms with Crippen LogP contribution in [-0.4, -0.2) is 11.5 Å². The highest BCUT2D eigenvalue weighted by atomic mass is 32.2. The molecule has 0 aliphatic rings. The van der Waals surface area contributed by atoms with Crippen LogP contribution in [0.5, 0.6) is 0 Å². The van der Waals surface area contributed by atoms with Gasteiger partial charge < -0.3 is 11.5 Å². The Kier molecular flexibility index (Phi) is 5.19. The van der Waals surface area contributed by atoms with Crippen molar-refractivity contribution < 1.29 is 0 Å². The van der Waals surface area contributed by atoms with Crippen molar-refractivity contribution in [2.24, 2.45) is 0 Å². The van der Waals surface area contributed by atoms with Gasteiger partial charge in [0.2, 0.25) is 0 Å². The summed E-state index contributed by atoms with van der Waals surface area (Å²) in [7, 11) is 0. The van der Waals surface area contributed by atoms with Gasteiger partial charge in [-0.25, -0.2) is 0 Å². The Balaban J connectivity index is 2.98. The van der Waals surface area contributed by atoms with Crippen molar-refractivity contribution in [3.63, 3.8) is 0 Å². The third kappa shape index (κ3) is 3.24. The Labute approximate surface area is 100 Å². The summed E-state index contributed by atoms with van der Waals surface area (Å²) in [5.74, 6) is 2.15. The minimum absolute atomic E-state index is 0.362. The summed E-state index contributed by atoms with van der Waals surface area (Å²) in [5, 5.41) is 0. The minimum atomic E-state index is 0.362. The maximum Gasteiger partial charge on any atom is 0.0791 e. The molecular weight excluding hydrogens is 224 g/mol. The maximum absolute atomic E-state index is 5.98. The van der Waals surface area contributed by atoms with Crippen LogP contribution in [0.3, 0.4) is 0 Å². The van der Waals surface area contributed by atoms with Crippen molar-refractivity contribution >= 4 is 34.9 Å². The highest BCUT2D eigenvalue weighted by Crippen LogP contribution is 2.44. The molecule has 84 valence electrons. The average Bonchev–Trinajstić information content (AvgIpc) is 2.18. The van der Waals surface area contributed by atoms with Crippen LogP contribution in [0.15, 0.2) is 18.2 Å². The first-order valence-electron chi connectivity index (χ1n) is 5.07. The Morgan fingerprint density at radius 1 is 1.07 bits per heavy atom. The van der Waals surface area contributed by atoms with Gasteiger partial charge in [0, 0.05) is 16.9 Å². The molecule has 0 aliphatic carbocycles. The van der Waals surface area contributed by atoms with Gasteiger partial charge in [0.15, 0.2) is 0 Å². The monoisotopic (exact) mass is 242 g/mol. The number of anilines is 2. The fraction of sp³-hybridized carbons (Fsp3) is 0.455. The lowest BCUT2D eigenvalue weighted by Gasteiger charge is -2.18. The molecule has 1 aromatic carbocycles. The van der Waals surface area contributed by atoms with Crippen LogP contribution in [-0.2, 0) is 0 Å². The normalized spacial score (nSPS) is 10.9. The first-order valence-corrected chi connectivity index (χ1v) is 7.17. The van der Waals surface area contributed by atoms with Crippen LogP contribution in [0.25, 0.3) is 0 Å². The van der Waals surface area contributed by atoms with Crippen molar-refractivity contribution in [1.82, 2.24) is 0 Å². The van der Waals surface area contributed by atoms with Crippen LogP contribution in [0.4, 0.5) is 11.4 Å². The lowest BCUT2D eigenvalue weighted by molar-refractivity contribution is 1.35. The summed E-state index contributed by atoms with van der Waals surface area (Å²) in [6, 6.07) is 5.74. The molecule has 0 radical (unpaired) electrons. The second-order valence-electron chi connectivity index (χ2n) is 3.09.